The molecule has 0 spiro atoms. The predicted molar refractivity (Wildman–Crippen MR) is 71.6 cm³/mol. The lowest BCUT2D eigenvalue weighted by Crippen LogP contribution is -2.21. The molecular weight excluding hydrogens is 278 g/mol. The van der Waals surface area contributed by atoms with Crippen molar-refractivity contribution in [3.63, 3.8) is 0 Å². The Hall–Kier alpha value is -2.94. The van der Waals surface area contributed by atoms with Gasteiger partial charge in [0.1, 0.15) is 11.9 Å². The summed E-state index contributed by atoms with van der Waals surface area (Å²) in [5.41, 5.74) is 0.645. The minimum atomic E-state index is -0.889. The lowest BCUT2D eigenvalue weighted by Gasteiger charge is -2.09. The molecule has 0 radical (unpaired) electrons. The molecule has 106 valence electrons. The number of nitrogens with one attached hydrogen (secondary N) is 1. The van der Waals surface area contributed by atoms with E-state index in [0.29, 0.717) is 17.3 Å². The number of halogens is 2. The normalized spacial score (nSPS) is 9.76. The fraction of sp³-hybridized carbons (Fsp3) is 0.0667. The highest BCUT2D eigenvalue weighted by molar-refractivity contribution is 5.93. The molecule has 0 aliphatic rings. The Kier molecular flexibility index (Phi) is 4.46. The molecule has 4 nitrogen and oxygen atoms in total. The van der Waals surface area contributed by atoms with Crippen molar-refractivity contribution in [3.8, 4) is 11.8 Å². The average Bonchev–Trinajstić information content (AvgIpc) is 2.47. The van der Waals surface area contributed by atoms with Gasteiger partial charge in [0.25, 0.3) is 5.91 Å². The van der Waals surface area contributed by atoms with Crippen molar-refractivity contribution < 1.29 is 18.3 Å². The Balaban J connectivity index is 1.98. The first-order valence-corrected chi connectivity index (χ1v) is 5.97. The van der Waals surface area contributed by atoms with Gasteiger partial charge in [0.05, 0.1) is 11.3 Å². The third kappa shape index (κ3) is 3.76. The van der Waals surface area contributed by atoms with E-state index in [1.807, 2.05) is 6.07 Å². The second-order valence-electron chi connectivity index (χ2n) is 4.07. The van der Waals surface area contributed by atoms with E-state index in [9.17, 15) is 13.6 Å². The molecule has 1 amide bonds. The molecule has 0 unspecified atom stereocenters. The van der Waals surface area contributed by atoms with Gasteiger partial charge in [-0.05, 0) is 24.3 Å². The van der Waals surface area contributed by atoms with E-state index < -0.39 is 24.1 Å². The molecule has 2 aromatic rings. The van der Waals surface area contributed by atoms with Gasteiger partial charge in [-0.3, -0.25) is 4.79 Å². The van der Waals surface area contributed by atoms with Gasteiger partial charge in [-0.15, -0.1) is 0 Å². The van der Waals surface area contributed by atoms with Crippen LogP contribution in [-0.2, 0) is 4.79 Å². The molecule has 0 aliphatic carbocycles. The number of nitriles is 1. The molecule has 0 fully saturated rings. The Labute approximate surface area is 119 Å². The maximum Gasteiger partial charge on any atom is 0.262 e. The monoisotopic (exact) mass is 288 g/mol. The third-order valence-electron chi connectivity index (χ3n) is 2.57. The summed E-state index contributed by atoms with van der Waals surface area (Å²) in [5, 5.41) is 11.4. The van der Waals surface area contributed by atoms with Crippen LogP contribution in [0.25, 0.3) is 0 Å². The molecule has 0 aliphatic heterocycles. The number of rotatable bonds is 4. The zero-order valence-corrected chi connectivity index (χ0v) is 10.8. The zero-order chi connectivity index (χ0) is 15.2. The molecule has 1 N–H and O–H groups in total. The molecule has 2 aromatic carbocycles. The molecule has 2 rings (SSSR count). The first-order chi connectivity index (χ1) is 10.1. The second kappa shape index (κ2) is 6.48. The first-order valence-electron chi connectivity index (χ1n) is 5.97. The quantitative estimate of drug-likeness (QED) is 0.941. The molecule has 0 saturated heterocycles. The number of hydrogen-bond acceptors (Lipinski definition) is 3. The largest absolute Gasteiger partial charge is 0.481 e. The third-order valence-corrected chi connectivity index (χ3v) is 2.57. The Morgan fingerprint density at radius 1 is 1.24 bits per heavy atom. The van der Waals surface area contributed by atoms with E-state index >= 15 is 0 Å². The van der Waals surface area contributed by atoms with E-state index in [-0.39, 0.29) is 5.75 Å². The highest BCUT2D eigenvalue weighted by atomic mass is 19.1. The number of carbonyl (C=O) groups excluding carboxylic acids is 1. The summed E-state index contributed by atoms with van der Waals surface area (Å²) >= 11 is 0. The van der Waals surface area contributed by atoms with Gasteiger partial charge in [-0.25, -0.2) is 8.78 Å². The van der Waals surface area contributed by atoms with Crippen LogP contribution in [0.5, 0.6) is 5.75 Å². The average molecular weight is 288 g/mol. The second-order valence-corrected chi connectivity index (χ2v) is 4.07. The van der Waals surface area contributed by atoms with Crippen LogP contribution in [0.1, 0.15) is 5.56 Å². The lowest BCUT2D eigenvalue weighted by molar-refractivity contribution is -0.118. The van der Waals surface area contributed by atoms with E-state index in [2.05, 4.69) is 5.32 Å². The SMILES string of the molecule is N#Cc1ccccc1NC(=O)COc1ccc(F)cc1F. The van der Waals surface area contributed by atoms with Crippen LogP contribution in [-0.4, -0.2) is 12.5 Å². The maximum atomic E-state index is 13.3. The molecule has 0 aromatic heterocycles. The minimum Gasteiger partial charge on any atom is -0.481 e. The molecule has 0 bridgehead atoms. The summed E-state index contributed by atoms with van der Waals surface area (Å²) < 4.78 is 31.0. The van der Waals surface area contributed by atoms with Gasteiger partial charge in [-0.1, -0.05) is 12.1 Å². The molecule has 0 atom stereocenters. The van der Waals surface area contributed by atoms with E-state index in [4.69, 9.17) is 10.00 Å². The number of benzene rings is 2. The van der Waals surface area contributed by atoms with Crippen LogP contribution in [0.4, 0.5) is 14.5 Å². The lowest BCUT2D eigenvalue weighted by atomic mass is 10.2. The number of anilines is 1. The van der Waals surface area contributed by atoms with E-state index in [0.717, 1.165) is 12.1 Å². The molecule has 6 heteroatoms. The molecule has 0 saturated carbocycles. The minimum absolute atomic E-state index is 0.222. The van der Waals surface area contributed by atoms with E-state index in [1.54, 1.807) is 24.3 Å². The summed E-state index contributed by atoms with van der Waals surface area (Å²) in [4.78, 5) is 11.7. The van der Waals surface area contributed by atoms with Crippen molar-refractivity contribution in [2.24, 2.45) is 0 Å². The summed E-state index contributed by atoms with van der Waals surface area (Å²) in [5.74, 6) is -2.39. The van der Waals surface area contributed by atoms with Crippen LogP contribution < -0.4 is 10.1 Å². The Morgan fingerprint density at radius 3 is 2.71 bits per heavy atom. The topological polar surface area (TPSA) is 62.1 Å². The molecule has 21 heavy (non-hydrogen) atoms. The number of ether oxygens (including phenoxy) is 1. The predicted octanol–water partition coefficient (Wildman–Crippen LogP) is 2.85. The molecule has 0 heterocycles. The number of carbonyl (C=O) groups is 1. The number of hydrogen-bond donors (Lipinski definition) is 1. The zero-order valence-electron chi connectivity index (χ0n) is 10.8. The Morgan fingerprint density at radius 2 is 2.00 bits per heavy atom. The number of para-hydroxylation sites is 1. The van der Waals surface area contributed by atoms with Crippen molar-refractivity contribution in [2.45, 2.75) is 0 Å². The summed E-state index contributed by atoms with van der Waals surface area (Å²) in [6, 6.07) is 11.2. The van der Waals surface area contributed by atoms with Crippen LogP contribution in [0, 0.1) is 23.0 Å². The van der Waals surface area contributed by atoms with Gasteiger partial charge in [0.2, 0.25) is 0 Å². The van der Waals surface area contributed by atoms with Gasteiger partial charge >= 0.3 is 0 Å². The standard InChI is InChI=1S/C15H10F2N2O2/c16-11-5-6-14(12(17)7-11)21-9-15(20)19-13-4-2-1-3-10(13)8-18/h1-7H,9H2,(H,19,20). The van der Waals surface area contributed by atoms with Crippen LogP contribution in [0.2, 0.25) is 0 Å². The summed E-state index contributed by atoms with van der Waals surface area (Å²) in [6.07, 6.45) is 0. The van der Waals surface area contributed by atoms with Gasteiger partial charge in [0.15, 0.2) is 18.2 Å². The van der Waals surface area contributed by atoms with Crippen LogP contribution >= 0.6 is 0 Å². The highest BCUT2D eigenvalue weighted by Gasteiger charge is 2.09. The Bertz CT molecular complexity index is 711. The number of nitrogens with zero attached hydrogens (tertiary/aromatic N) is 1. The van der Waals surface area contributed by atoms with Crippen molar-refractivity contribution in [3.05, 3.63) is 59.7 Å². The van der Waals surface area contributed by atoms with Crippen LogP contribution in [0.15, 0.2) is 42.5 Å². The first kappa shape index (κ1) is 14.5. The van der Waals surface area contributed by atoms with Gasteiger partial charge in [-0.2, -0.15) is 5.26 Å². The summed E-state index contributed by atoms with van der Waals surface area (Å²) in [6.45, 7) is -0.456. The van der Waals surface area contributed by atoms with Crippen LogP contribution in [0.3, 0.4) is 0 Å². The summed E-state index contributed by atoms with van der Waals surface area (Å²) in [7, 11) is 0. The highest BCUT2D eigenvalue weighted by Crippen LogP contribution is 2.18. The van der Waals surface area contributed by atoms with Crippen molar-refractivity contribution in [1.82, 2.24) is 0 Å². The van der Waals surface area contributed by atoms with Crippen molar-refractivity contribution in [2.75, 3.05) is 11.9 Å². The fourth-order valence-corrected chi connectivity index (χ4v) is 1.61. The van der Waals surface area contributed by atoms with E-state index in [1.165, 1.54) is 0 Å². The van der Waals surface area contributed by atoms with Gasteiger partial charge < -0.3 is 10.1 Å². The van der Waals surface area contributed by atoms with Crippen molar-refractivity contribution >= 4 is 11.6 Å². The fourth-order valence-electron chi connectivity index (χ4n) is 1.61. The smallest absolute Gasteiger partial charge is 0.262 e. The van der Waals surface area contributed by atoms with Crippen molar-refractivity contribution in [1.29, 1.82) is 5.26 Å². The molecular formula is C15H10F2N2O2. The maximum absolute atomic E-state index is 13.3. The number of amides is 1. The van der Waals surface area contributed by atoms with Gasteiger partial charge in [0, 0.05) is 6.07 Å².